The molecule has 3 heterocycles. The maximum atomic E-state index is 13.2. The van der Waals surface area contributed by atoms with Gasteiger partial charge in [0.15, 0.2) is 0 Å². The molecule has 1 aromatic carbocycles. The molecular weight excluding hydrogens is 338 g/mol. The minimum atomic E-state index is -0.144. The molecule has 4 rings (SSSR count). The van der Waals surface area contributed by atoms with Gasteiger partial charge in [0.1, 0.15) is 5.69 Å². The maximum Gasteiger partial charge on any atom is 0.277 e. The van der Waals surface area contributed by atoms with Gasteiger partial charge in [-0.3, -0.25) is 14.6 Å². The first-order chi connectivity index (χ1) is 13.0. The highest BCUT2D eigenvalue weighted by Crippen LogP contribution is 2.32. The first kappa shape index (κ1) is 17.7. The fraction of sp³-hybridized carbons (Fsp3) is 0.409. The minimum Gasteiger partial charge on any atom is -0.338 e. The van der Waals surface area contributed by atoms with Crippen LogP contribution < -0.4 is 4.90 Å². The van der Waals surface area contributed by atoms with E-state index in [4.69, 9.17) is 0 Å². The second-order valence-electron chi connectivity index (χ2n) is 7.79. The molecule has 0 N–H and O–H groups in total. The molecule has 140 valence electrons. The van der Waals surface area contributed by atoms with Crippen LogP contribution in [0.3, 0.4) is 0 Å². The van der Waals surface area contributed by atoms with Gasteiger partial charge < -0.3 is 9.80 Å². The SMILES string of the molecule is CC1CCCN(C(=O)c2ccnc(C(=O)N3c4ccccc4CC3C)c2)C1. The fourth-order valence-electron chi connectivity index (χ4n) is 4.24. The van der Waals surface area contributed by atoms with Crippen LogP contribution in [0.2, 0.25) is 0 Å². The molecule has 1 fully saturated rings. The quantitative estimate of drug-likeness (QED) is 0.820. The first-order valence-corrected chi connectivity index (χ1v) is 9.71. The van der Waals surface area contributed by atoms with Crippen LogP contribution in [0.5, 0.6) is 0 Å². The van der Waals surface area contributed by atoms with Gasteiger partial charge in [-0.1, -0.05) is 25.1 Å². The molecule has 5 heteroatoms. The normalized spacial score (nSPS) is 21.9. The van der Waals surface area contributed by atoms with Crippen LogP contribution in [0, 0.1) is 5.92 Å². The Labute approximate surface area is 160 Å². The van der Waals surface area contributed by atoms with E-state index < -0.39 is 0 Å². The number of hydrogen-bond donors (Lipinski definition) is 0. The van der Waals surface area contributed by atoms with E-state index in [2.05, 4.69) is 18.0 Å². The number of rotatable bonds is 2. The molecule has 2 aliphatic heterocycles. The Morgan fingerprint density at radius 1 is 1.11 bits per heavy atom. The zero-order chi connectivity index (χ0) is 19.0. The van der Waals surface area contributed by atoms with Crippen LogP contribution >= 0.6 is 0 Å². The summed E-state index contributed by atoms with van der Waals surface area (Å²) in [6.07, 6.45) is 4.61. The smallest absolute Gasteiger partial charge is 0.277 e. The molecule has 0 saturated carbocycles. The van der Waals surface area contributed by atoms with E-state index in [1.54, 1.807) is 23.2 Å². The van der Waals surface area contributed by atoms with Crippen LogP contribution in [-0.4, -0.2) is 40.8 Å². The summed E-state index contributed by atoms with van der Waals surface area (Å²) in [6, 6.07) is 11.4. The number of likely N-dealkylation sites (tertiary alicyclic amines) is 1. The molecule has 2 atom stereocenters. The summed E-state index contributed by atoms with van der Waals surface area (Å²) in [5.41, 5.74) is 2.99. The molecule has 2 unspecified atom stereocenters. The molecule has 1 aromatic heterocycles. The van der Waals surface area contributed by atoms with Crippen molar-refractivity contribution in [1.29, 1.82) is 0 Å². The number of pyridine rings is 1. The van der Waals surface area contributed by atoms with Gasteiger partial charge >= 0.3 is 0 Å². The van der Waals surface area contributed by atoms with Crippen LogP contribution in [-0.2, 0) is 6.42 Å². The average molecular weight is 363 g/mol. The predicted molar refractivity (Wildman–Crippen MR) is 105 cm³/mol. The highest BCUT2D eigenvalue weighted by Gasteiger charge is 2.32. The number of fused-ring (bicyclic) bond motifs is 1. The zero-order valence-electron chi connectivity index (χ0n) is 15.9. The summed E-state index contributed by atoms with van der Waals surface area (Å²) in [6.45, 7) is 5.78. The van der Waals surface area contributed by atoms with Crippen molar-refractivity contribution in [2.45, 2.75) is 39.2 Å². The lowest BCUT2D eigenvalue weighted by Crippen LogP contribution is -2.39. The Morgan fingerprint density at radius 2 is 1.93 bits per heavy atom. The summed E-state index contributed by atoms with van der Waals surface area (Å²) in [5, 5.41) is 0. The summed E-state index contributed by atoms with van der Waals surface area (Å²) in [5.74, 6) is 0.370. The second-order valence-corrected chi connectivity index (χ2v) is 7.79. The molecule has 0 radical (unpaired) electrons. The molecule has 0 spiro atoms. The van der Waals surface area contributed by atoms with E-state index in [0.29, 0.717) is 17.2 Å². The number of nitrogens with zero attached hydrogens (tertiary/aromatic N) is 3. The third kappa shape index (κ3) is 3.34. The number of anilines is 1. The average Bonchev–Trinajstić information content (AvgIpc) is 3.02. The van der Waals surface area contributed by atoms with E-state index >= 15 is 0 Å². The van der Waals surface area contributed by atoms with Crippen LogP contribution in [0.4, 0.5) is 5.69 Å². The van der Waals surface area contributed by atoms with E-state index in [9.17, 15) is 9.59 Å². The number of piperidine rings is 1. The highest BCUT2D eigenvalue weighted by atomic mass is 16.2. The van der Waals surface area contributed by atoms with Gasteiger partial charge in [0.2, 0.25) is 0 Å². The molecule has 2 amide bonds. The topological polar surface area (TPSA) is 53.5 Å². The van der Waals surface area contributed by atoms with Gasteiger partial charge in [0.25, 0.3) is 11.8 Å². The lowest BCUT2D eigenvalue weighted by Gasteiger charge is -2.31. The molecule has 2 aliphatic rings. The standard InChI is InChI=1S/C22H25N3O2/c1-15-6-5-11-24(14-15)21(26)18-9-10-23-19(13-18)22(27)25-16(2)12-17-7-3-4-8-20(17)25/h3-4,7-10,13,15-16H,5-6,11-12,14H2,1-2H3. The lowest BCUT2D eigenvalue weighted by atomic mass is 9.99. The van der Waals surface area contributed by atoms with Gasteiger partial charge in [0, 0.05) is 36.6 Å². The number of hydrogen-bond acceptors (Lipinski definition) is 3. The maximum absolute atomic E-state index is 13.2. The van der Waals surface area contributed by atoms with Crippen molar-refractivity contribution in [1.82, 2.24) is 9.88 Å². The monoisotopic (exact) mass is 363 g/mol. The largest absolute Gasteiger partial charge is 0.338 e. The van der Waals surface area contributed by atoms with Gasteiger partial charge in [-0.15, -0.1) is 0 Å². The fourth-order valence-corrected chi connectivity index (χ4v) is 4.24. The second kappa shape index (κ2) is 7.14. The Kier molecular flexibility index (Phi) is 4.68. The van der Waals surface area contributed by atoms with E-state index in [0.717, 1.165) is 38.0 Å². The van der Waals surface area contributed by atoms with Gasteiger partial charge in [-0.2, -0.15) is 0 Å². The lowest BCUT2D eigenvalue weighted by molar-refractivity contribution is 0.0683. The first-order valence-electron chi connectivity index (χ1n) is 9.71. The van der Waals surface area contributed by atoms with Gasteiger partial charge in [-0.05, 0) is 55.9 Å². The Bertz CT molecular complexity index is 879. The van der Waals surface area contributed by atoms with Crippen molar-refractivity contribution in [3.05, 3.63) is 59.4 Å². The van der Waals surface area contributed by atoms with Gasteiger partial charge in [-0.25, -0.2) is 0 Å². The molecular formula is C22H25N3O2. The number of amides is 2. The van der Waals surface area contributed by atoms with Crippen molar-refractivity contribution in [2.24, 2.45) is 5.92 Å². The molecule has 5 nitrogen and oxygen atoms in total. The van der Waals surface area contributed by atoms with Crippen molar-refractivity contribution in [3.8, 4) is 0 Å². The van der Waals surface area contributed by atoms with Crippen LogP contribution in [0.15, 0.2) is 42.6 Å². The van der Waals surface area contributed by atoms with Gasteiger partial charge in [0.05, 0.1) is 0 Å². The van der Waals surface area contributed by atoms with Crippen molar-refractivity contribution >= 4 is 17.5 Å². The highest BCUT2D eigenvalue weighted by molar-refractivity contribution is 6.07. The number of carbonyl (C=O) groups is 2. The number of carbonyl (C=O) groups excluding carboxylic acids is 2. The van der Waals surface area contributed by atoms with Crippen LogP contribution in [0.25, 0.3) is 0 Å². The molecule has 0 aliphatic carbocycles. The van der Waals surface area contributed by atoms with Crippen molar-refractivity contribution in [2.75, 3.05) is 18.0 Å². The Morgan fingerprint density at radius 3 is 2.74 bits per heavy atom. The Balaban J connectivity index is 1.59. The third-order valence-electron chi connectivity index (χ3n) is 5.60. The third-order valence-corrected chi connectivity index (χ3v) is 5.60. The number of para-hydroxylation sites is 1. The minimum absolute atomic E-state index is 0.00660. The number of benzene rings is 1. The van der Waals surface area contributed by atoms with E-state index in [1.165, 1.54) is 5.56 Å². The van der Waals surface area contributed by atoms with E-state index in [1.807, 2.05) is 30.0 Å². The predicted octanol–water partition coefficient (Wildman–Crippen LogP) is 3.55. The molecule has 2 aromatic rings. The Hall–Kier alpha value is -2.69. The summed E-state index contributed by atoms with van der Waals surface area (Å²) < 4.78 is 0. The molecule has 27 heavy (non-hydrogen) atoms. The van der Waals surface area contributed by atoms with Crippen molar-refractivity contribution in [3.63, 3.8) is 0 Å². The van der Waals surface area contributed by atoms with Crippen LogP contribution in [0.1, 0.15) is 53.1 Å². The number of aromatic nitrogens is 1. The zero-order valence-corrected chi connectivity index (χ0v) is 15.9. The summed E-state index contributed by atoms with van der Waals surface area (Å²) >= 11 is 0. The van der Waals surface area contributed by atoms with Crippen molar-refractivity contribution < 1.29 is 9.59 Å². The van der Waals surface area contributed by atoms with E-state index in [-0.39, 0.29) is 17.9 Å². The molecule has 0 bridgehead atoms. The summed E-state index contributed by atoms with van der Waals surface area (Å²) in [7, 11) is 0. The molecule has 1 saturated heterocycles. The summed E-state index contributed by atoms with van der Waals surface area (Å²) in [4.78, 5) is 34.0.